The monoisotopic (exact) mass is 257 g/mol. The first-order valence-corrected chi connectivity index (χ1v) is 6.67. The summed E-state index contributed by atoms with van der Waals surface area (Å²) in [7, 11) is 0. The lowest BCUT2D eigenvalue weighted by molar-refractivity contribution is 0.0792. The van der Waals surface area contributed by atoms with E-state index in [1.165, 1.54) is 6.07 Å². The van der Waals surface area contributed by atoms with E-state index >= 15 is 0 Å². The van der Waals surface area contributed by atoms with E-state index in [1.54, 1.807) is 16.7 Å². The maximum absolute atomic E-state index is 13.0. The molecule has 0 bridgehead atoms. The van der Waals surface area contributed by atoms with Crippen molar-refractivity contribution in [3.8, 4) is 0 Å². The Labute approximate surface area is 103 Å². The van der Waals surface area contributed by atoms with Crippen molar-refractivity contribution in [2.24, 2.45) is 0 Å². The number of thioether (sulfide) groups is 1. The number of hydrogen-bond donors (Lipinski definition) is 0. The summed E-state index contributed by atoms with van der Waals surface area (Å²) < 4.78 is 25.8. The number of carbonyl (C=O) groups excluding carboxylic acids is 1. The molecule has 17 heavy (non-hydrogen) atoms. The van der Waals surface area contributed by atoms with Gasteiger partial charge in [-0.25, -0.2) is 8.78 Å². The molecule has 1 aliphatic rings. The average Bonchev–Trinajstić information content (AvgIpc) is 2.80. The molecule has 0 N–H and O–H groups in total. The molecule has 1 aromatic carbocycles. The van der Waals surface area contributed by atoms with Crippen LogP contribution in [0, 0.1) is 11.6 Å². The second-order valence-electron chi connectivity index (χ2n) is 4.03. The third-order valence-electron chi connectivity index (χ3n) is 2.93. The number of likely N-dealkylation sites (tertiary alicyclic amines) is 1. The smallest absolute Gasteiger partial charge is 0.253 e. The molecule has 1 aromatic rings. The van der Waals surface area contributed by atoms with E-state index in [0.717, 1.165) is 18.6 Å². The van der Waals surface area contributed by atoms with Gasteiger partial charge in [0.05, 0.1) is 0 Å². The zero-order valence-corrected chi connectivity index (χ0v) is 10.3. The minimum absolute atomic E-state index is 0.214. The van der Waals surface area contributed by atoms with E-state index in [-0.39, 0.29) is 11.5 Å². The van der Waals surface area contributed by atoms with Crippen molar-refractivity contribution in [2.75, 3.05) is 19.3 Å². The number of halogens is 2. The molecule has 0 aromatic heterocycles. The van der Waals surface area contributed by atoms with Gasteiger partial charge in [-0.1, -0.05) is 0 Å². The van der Waals surface area contributed by atoms with Crippen molar-refractivity contribution in [1.29, 1.82) is 0 Å². The summed E-state index contributed by atoms with van der Waals surface area (Å²) in [6.45, 7) is 1.36. The van der Waals surface area contributed by atoms with E-state index in [4.69, 9.17) is 0 Å². The molecule has 5 heteroatoms. The Bertz CT molecular complexity index is 439. The lowest BCUT2D eigenvalue weighted by Gasteiger charge is -2.16. The molecule has 2 nitrogen and oxygen atoms in total. The molecule has 0 radical (unpaired) electrons. The fourth-order valence-corrected chi connectivity index (χ4v) is 2.59. The number of rotatable bonds is 2. The molecular weight excluding hydrogens is 244 g/mol. The van der Waals surface area contributed by atoms with Gasteiger partial charge in [-0.15, -0.1) is 0 Å². The zero-order valence-electron chi connectivity index (χ0n) is 9.45. The van der Waals surface area contributed by atoms with Gasteiger partial charge in [0.1, 0.15) is 0 Å². The van der Waals surface area contributed by atoms with Gasteiger partial charge in [-0.2, -0.15) is 11.8 Å². The number of hydrogen-bond acceptors (Lipinski definition) is 2. The Kier molecular flexibility index (Phi) is 3.66. The van der Waals surface area contributed by atoms with Crippen LogP contribution >= 0.6 is 11.8 Å². The number of carbonyl (C=O) groups is 1. The van der Waals surface area contributed by atoms with Gasteiger partial charge in [-0.3, -0.25) is 4.79 Å². The summed E-state index contributed by atoms with van der Waals surface area (Å²) in [5, 5.41) is 0.448. The summed E-state index contributed by atoms with van der Waals surface area (Å²) in [4.78, 5) is 13.7. The summed E-state index contributed by atoms with van der Waals surface area (Å²) in [6, 6.07) is 3.28. The molecule has 0 spiro atoms. The van der Waals surface area contributed by atoms with E-state index < -0.39 is 11.6 Å². The highest BCUT2D eigenvalue weighted by Gasteiger charge is 2.26. The van der Waals surface area contributed by atoms with Crippen LogP contribution in [0.4, 0.5) is 8.78 Å². The molecular formula is C12H13F2NOS. The van der Waals surface area contributed by atoms with Gasteiger partial charge in [0, 0.05) is 23.9 Å². The Balaban J connectivity index is 2.12. The Morgan fingerprint density at radius 3 is 2.76 bits per heavy atom. The van der Waals surface area contributed by atoms with Crippen LogP contribution in [0.3, 0.4) is 0 Å². The summed E-state index contributed by atoms with van der Waals surface area (Å²) in [6.07, 6.45) is 2.97. The van der Waals surface area contributed by atoms with Crippen LogP contribution in [0.1, 0.15) is 16.8 Å². The van der Waals surface area contributed by atoms with Gasteiger partial charge in [0.25, 0.3) is 5.91 Å². The highest BCUT2D eigenvalue weighted by molar-refractivity contribution is 7.99. The SMILES string of the molecule is CS[C@H]1CCN(C(=O)c2ccc(F)c(F)c2)C1. The van der Waals surface area contributed by atoms with E-state index in [1.807, 2.05) is 6.26 Å². The van der Waals surface area contributed by atoms with Gasteiger partial charge in [0.2, 0.25) is 0 Å². The molecule has 0 saturated carbocycles. The molecule has 2 rings (SSSR count). The standard InChI is InChI=1S/C12H13F2NOS/c1-17-9-4-5-15(7-9)12(16)8-2-3-10(13)11(14)6-8/h2-3,6,9H,4-5,7H2,1H3/t9-/m0/s1. The van der Waals surface area contributed by atoms with Crippen LogP contribution in [0.15, 0.2) is 18.2 Å². The van der Waals surface area contributed by atoms with Crippen molar-refractivity contribution < 1.29 is 13.6 Å². The van der Waals surface area contributed by atoms with E-state index in [9.17, 15) is 13.6 Å². The number of amides is 1. The summed E-state index contributed by atoms with van der Waals surface area (Å²) in [5.74, 6) is -2.12. The lowest BCUT2D eigenvalue weighted by Crippen LogP contribution is -2.29. The van der Waals surface area contributed by atoms with E-state index in [0.29, 0.717) is 18.3 Å². The number of nitrogens with zero attached hydrogens (tertiary/aromatic N) is 1. The van der Waals surface area contributed by atoms with Gasteiger partial charge < -0.3 is 4.90 Å². The minimum Gasteiger partial charge on any atom is -0.337 e. The molecule has 0 aliphatic carbocycles. The highest BCUT2D eigenvalue weighted by atomic mass is 32.2. The number of benzene rings is 1. The van der Waals surface area contributed by atoms with Crippen LogP contribution < -0.4 is 0 Å². The van der Waals surface area contributed by atoms with Gasteiger partial charge in [0.15, 0.2) is 11.6 Å². The highest BCUT2D eigenvalue weighted by Crippen LogP contribution is 2.22. The van der Waals surface area contributed by atoms with Crippen molar-refractivity contribution in [2.45, 2.75) is 11.7 Å². The molecule has 1 heterocycles. The molecule has 1 aliphatic heterocycles. The fourth-order valence-electron chi connectivity index (χ4n) is 1.92. The average molecular weight is 257 g/mol. The maximum Gasteiger partial charge on any atom is 0.253 e. The summed E-state index contributed by atoms with van der Waals surface area (Å²) >= 11 is 1.73. The Hall–Kier alpha value is -1.10. The third-order valence-corrected chi connectivity index (χ3v) is 3.98. The largest absolute Gasteiger partial charge is 0.337 e. The maximum atomic E-state index is 13.0. The zero-order chi connectivity index (χ0) is 12.4. The topological polar surface area (TPSA) is 20.3 Å². The molecule has 1 saturated heterocycles. The third kappa shape index (κ3) is 2.60. The van der Waals surface area contributed by atoms with E-state index in [2.05, 4.69) is 0 Å². The van der Waals surface area contributed by atoms with Crippen LogP contribution in [0.25, 0.3) is 0 Å². The molecule has 92 valence electrons. The Morgan fingerprint density at radius 1 is 1.41 bits per heavy atom. The first-order chi connectivity index (χ1) is 8.11. The van der Waals surface area contributed by atoms with Crippen LogP contribution in [-0.4, -0.2) is 35.4 Å². The molecule has 0 unspecified atom stereocenters. The quantitative estimate of drug-likeness (QED) is 0.811. The fraction of sp³-hybridized carbons (Fsp3) is 0.417. The molecule has 1 atom stereocenters. The second-order valence-corrected chi connectivity index (χ2v) is 5.16. The predicted molar refractivity (Wildman–Crippen MR) is 64.2 cm³/mol. The van der Waals surface area contributed by atoms with Crippen molar-refractivity contribution >= 4 is 17.7 Å². The van der Waals surface area contributed by atoms with Crippen molar-refractivity contribution in [1.82, 2.24) is 4.90 Å². The lowest BCUT2D eigenvalue weighted by atomic mass is 10.2. The van der Waals surface area contributed by atoms with Crippen molar-refractivity contribution in [3.05, 3.63) is 35.4 Å². The van der Waals surface area contributed by atoms with Gasteiger partial charge in [-0.05, 0) is 30.9 Å². The van der Waals surface area contributed by atoms with Crippen LogP contribution in [0.5, 0.6) is 0 Å². The normalized spacial score (nSPS) is 19.7. The van der Waals surface area contributed by atoms with Crippen LogP contribution in [-0.2, 0) is 0 Å². The first kappa shape index (κ1) is 12.4. The molecule has 1 amide bonds. The first-order valence-electron chi connectivity index (χ1n) is 5.39. The van der Waals surface area contributed by atoms with Crippen LogP contribution in [0.2, 0.25) is 0 Å². The second kappa shape index (κ2) is 5.04. The minimum atomic E-state index is -0.975. The predicted octanol–water partition coefficient (Wildman–Crippen LogP) is 2.54. The Morgan fingerprint density at radius 2 is 2.18 bits per heavy atom. The van der Waals surface area contributed by atoms with Gasteiger partial charge >= 0.3 is 0 Å². The molecule has 1 fully saturated rings. The summed E-state index contributed by atoms with van der Waals surface area (Å²) in [5.41, 5.74) is 0.214. The van der Waals surface area contributed by atoms with Crippen molar-refractivity contribution in [3.63, 3.8) is 0 Å².